The monoisotopic (exact) mass is 820 g/mol. The Hall–Kier alpha value is -6.86. The molecular formula is C42H41FN8O9. The second-order valence-electron chi connectivity index (χ2n) is 14.7. The number of nitrogens with one attached hydrogen (secondary N) is 4. The van der Waals surface area contributed by atoms with Gasteiger partial charge in [-0.3, -0.25) is 28.7 Å². The zero-order valence-corrected chi connectivity index (χ0v) is 31.8. The van der Waals surface area contributed by atoms with E-state index in [1.54, 1.807) is 18.6 Å². The van der Waals surface area contributed by atoms with Crippen LogP contribution in [0.2, 0.25) is 0 Å². The maximum Gasteiger partial charge on any atom is 0.330 e. The first-order chi connectivity index (χ1) is 28.9. The molecule has 17 nitrogen and oxygen atoms in total. The van der Waals surface area contributed by atoms with Crippen LogP contribution in [0.1, 0.15) is 22.9 Å². The molecule has 60 heavy (non-hydrogen) atoms. The van der Waals surface area contributed by atoms with Gasteiger partial charge in [0.1, 0.15) is 30.8 Å². The normalized spacial score (nSPS) is 19.3. The summed E-state index contributed by atoms with van der Waals surface area (Å²) in [5.74, 6) is -4.19. The van der Waals surface area contributed by atoms with Crippen LogP contribution in [0.3, 0.4) is 0 Å². The number of ether oxygens (including phenoxy) is 4. The number of carbonyl (C=O) groups is 3. The number of esters is 3. The average Bonchev–Trinajstić information content (AvgIpc) is 4.04. The topological polar surface area (TPSA) is 268 Å². The van der Waals surface area contributed by atoms with Gasteiger partial charge in [0, 0.05) is 70.6 Å². The van der Waals surface area contributed by atoms with Gasteiger partial charge in [0.2, 0.25) is 5.82 Å². The summed E-state index contributed by atoms with van der Waals surface area (Å²) in [6, 6.07) is 18.5. The van der Waals surface area contributed by atoms with Crippen molar-refractivity contribution in [1.82, 2.24) is 24.5 Å². The Kier molecular flexibility index (Phi) is 11.2. The van der Waals surface area contributed by atoms with E-state index in [1.807, 2.05) is 77.8 Å². The first-order valence-corrected chi connectivity index (χ1v) is 19.1. The van der Waals surface area contributed by atoms with E-state index >= 15 is 0 Å². The standard InChI is InChI=1S/C42H41FN8O9/c43-27-19-51(42(56)50-37(27)52)38-36(60-41(55)30(46)15-23-18-49-33-12-6-3-9-26(23)33)35(59-40(54)29(45)14-22-17-48-32-11-5-2-8-25(22)32)34(58-38)20-57-39(53)28(44)13-21-16-47-31-10-4-1-7-24(21)31/h1-12,16-19,28-30,34-36,38,47-49H,13-15,20,44-46H2,(H,50,52,56)/t28-,29+,30+,34+,35+,36+,38+/m0/s1. The molecule has 18 heteroatoms. The van der Waals surface area contributed by atoms with Crippen LogP contribution in [0.15, 0.2) is 107 Å². The predicted octanol–water partition coefficient (Wildman–Crippen LogP) is 2.09. The van der Waals surface area contributed by atoms with Crippen molar-refractivity contribution in [3.05, 3.63) is 141 Å². The zero-order valence-electron chi connectivity index (χ0n) is 31.8. The van der Waals surface area contributed by atoms with Gasteiger partial charge in [-0.05, 0) is 34.9 Å². The molecule has 1 aliphatic heterocycles. The van der Waals surface area contributed by atoms with E-state index in [0.29, 0.717) is 21.9 Å². The lowest BCUT2D eigenvalue weighted by molar-refractivity contribution is -0.171. The molecule has 4 aromatic heterocycles. The van der Waals surface area contributed by atoms with Gasteiger partial charge >= 0.3 is 23.6 Å². The number of nitrogens with zero attached hydrogens (tertiary/aromatic N) is 1. The first-order valence-electron chi connectivity index (χ1n) is 19.1. The molecule has 0 saturated carbocycles. The highest BCUT2D eigenvalue weighted by Gasteiger charge is 2.52. The van der Waals surface area contributed by atoms with E-state index < -0.39 is 84.2 Å². The molecule has 8 rings (SSSR count). The molecule has 10 N–H and O–H groups in total. The summed E-state index contributed by atoms with van der Waals surface area (Å²) in [4.78, 5) is 77.5. The number of hydrogen-bond acceptors (Lipinski definition) is 12. The predicted molar refractivity (Wildman–Crippen MR) is 216 cm³/mol. The largest absolute Gasteiger partial charge is 0.462 e. The maximum absolute atomic E-state index is 14.8. The van der Waals surface area contributed by atoms with Gasteiger partial charge in [0.15, 0.2) is 18.4 Å². The third kappa shape index (κ3) is 8.08. The Morgan fingerprint density at radius 1 is 0.667 bits per heavy atom. The van der Waals surface area contributed by atoms with E-state index in [9.17, 15) is 28.4 Å². The first kappa shape index (κ1) is 39.9. The maximum atomic E-state index is 14.8. The lowest BCUT2D eigenvalue weighted by Crippen LogP contribution is -2.48. The number of rotatable bonds is 14. The second-order valence-corrected chi connectivity index (χ2v) is 14.7. The molecule has 0 radical (unpaired) electrons. The third-order valence-corrected chi connectivity index (χ3v) is 10.6. The Morgan fingerprint density at radius 3 is 1.58 bits per heavy atom. The molecule has 0 unspecified atom stereocenters. The molecule has 5 heterocycles. The molecule has 1 fully saturated rings. The molecule has 7 atom stereocenters. The van der Waals surface area contributed by atoms with E-state index in [4.69, 9.17) is 36.1 Å². The lowest BCUT2D eigenvalue weighted by Gasteiger charge is -2.27. The summed E-state index contributed by atoms with van der Waals surface area (Å²) in [7, 11) is 0. The quantitative estimate of drug-likeness (QED) is 0.0614. The fraction of sp³-hybridized carbons (Fsp3) is 0.262. The molecular weight excluding hydrogens is 780 g/mol. The van der Waals surface area contributed by atoms with Gasteiger partial charge in [-0.2, -0.15) is 4.39 Å². The number of hydrogen-bond donors (Lipinski definition) is 7. The molecule has 310 valence electrons. The van der Waals surface area contributed by atoms with E-state index in [2.05, 4.69) is 15.0 Å². The van der Waals surface area contributed by atoms with Crippen LogP contribution in [0.25, 0.3) is 32.7 Å². The number of fused-ring (bicyclic) bond motifs is 3. The Labute approximate surface area is 338 Å². The summed E-state index contributed by atoms with van der Waals surface area (Å²) in [6.07, 6.45) is -0.697. The molecule has 1 saturated heterocycles. The minimum atomic E-state index is -1.74. The van der Waals surface area contributed by atoms with E-state index in [0.717, 1.165) is 38.3 Å². The molecule has 0 spiro atoms. The van der Waals surface area contributed by atoms with Crippen LogP contribution in [0, 0.1) is 5.82 Å². The van der Waals surface area contributed by atoms with Crippen LogP contribution in [0.5, 0.6) is 0 Å². The third-order valence-electron chi connectivity index (χ3n) is 10.6. The molecule has 7 aromatic rings. The van der Waals surface area contributed by atoms with Crippen LogP contribution in [0.4, 0.5) is 4.39 Å². The summed E-state index contributed by atoms with van der Waals surface area (Å²) < 4.78 is 39.0. The lowest BCUT2D eigenvalue weighted by atomic mass is 10.0. The van der Waals surface area contributed by atoms with Crippen molar-refractivity contribution in [2.45, 2.75) is 61.9 Å². The van der Waals surface area contributed by atoms with Gasteiger partial charge in [-0.25, -0.2) is 4.79 Å². The summed E-state index contributed by atoms with van der Waals surface area (Å²) in [5.41, 5.74) is 21.3. The number of aromatic amines is 4. The summed E-state index contributed by atoms with van der Waals surface area (Å²) in [5, 5.41) is 2.51. The highest BCUT2D eigenvalue weighted by molar-refractivity contribution is 5.86. The minimum absolute atomic E-state index is 0.00360. The fourth-order valence-corrected chi connectivity index (χ4v) is 7.56. The summed E-state index contributed by atoms with van der Waals surface area (Å²) >= 11 is 0. The number of para-hydroxylation sites is 3. The van der Waals surface area contributed by atoms with Gasteiger partial charge < -0.3 is 51.1 Å². The van der Waals surface area contributed by atoms with Crippen LogP contribution in [-0.2, 0) is 52.6 Å². The van der Waals surface area contributed by atoms with Crippen LogP contribution < -0.4 is 28.5 Å². The number of nitrogens with two attached hydrogens (primary N) is 3. The minimum Gasteiger partial charge on any atom is -0.462 e. The Bertz CT molecular complexity index is 2830. The number of aromatic nitrogens is 5. The van der Waals surface area contributed by atoms with Gasteiger partial charge in [0.25, 0.3) is 5.56 Å². The number of H-pyrrole nitrogens is 4. The van der Waals surface area contributed by atoms with Crippen molar-refractivity contribution in [2.75, 3.05) is 6.61 Å². The molecule has 3 aromatic carbocycles. The molecule has 0 bridgehead atoms. The number of carbonyl (C=O) groups excluding carboxylic acids is 3. The van der Waals surface area contributed by atoms with Crippen LogP contribution >= 0.6 is 0 Å². The van der Waals surface area contributed by atoms with Crippen molar-refractivity contribution in [3.8, 4) is 0 Å². The Balaban J connectivity index is 1.08. The van der Waals surface area contributed by atoms with Crippen molar-refractivity contribution < 1.29 is 37.7 Å². The van der Waals surface area contributed by atoms with Gasteiger partial charge in [-0.1, -0.05) is 54.6 Å². The second kappa shape index (κ2) is 16.8. The SMILES string of the molecule is N[C@H](Cc1c[nH]c2ccccc12)C(=O)O[C@@H]1[C@H](OC(=O)[C@H](N)Cc2c[nH]c3ccccc23)[C@@H](COC(=O)[C@@H](N)Cc2c[nH]c3ccccc23)O[C@H]1n1cc(F)c(=O)[nH]c1=O. The van der Waals surface area contributed by atoms with Crippen molar-refractivity contribution in [1.29, 1.82) is 0 Å². The van der Waals surface area contributed by atoms with E-state index in [1.165, 1.54) is 0 Å². The Morgan fingerprint density at radius 2 is 1.10 bits per heavy atom. The highest BCUT2D eigenvalue weighted by atomic mass is 19.1. The van der Waals surface area contributed by atoms with Gasteiger partial charge in [-0.15, -0.1) is 0 Å². The summed E-state index contributed by atoms with van der Waals surface area (Å²) in [6.45, 7) is -0.636. The molecule has 1 aliphatic rings. The van der Waals surface area contributed by atoms with Crippen molar-refractivity contribution in [3.63, 3.8) is 0 Å². The number of benzene rings is 3. The van der Waals surface area contributed by atoms with Crippen molar-refractivity contribution >= 4 is 50.6 Å². The smallest absolute Gasteiger partial charge is 0.330 e. The van der Waals surface area contributed by atoms with E-state index in [-0.39, 0.29) is 19.3 Å². The average molecular weight is 821 g/mol. The van der Waals surface area contributed by atoms with Crippen molar-refractivity contribution in [2.24, 2.45) is 17.2 Å². The molecule has 0 aliphatic carbocycles. The molecule has 0 amide bonds. The van der Waals surface area contributed by atoms with Crippen LogP contribution in [-0.4, -0.2) is 85.5 Å². The highest BCUT2D eigenvalue weighted by Crippen LogP contribution is 2.35. The number of halogens is 1. The fourth-order valence-electron chi connectivity index (χ4n) is 7.56. The van der Waals surface area contributed by atoms with Gasteiger partial charge in [0.05, 0.1) is 6.20 Å². The zero-order chi connectivity index (χ0) is 42.1.